The first-order chi connectivity index (χ1) is 14.4. The van der Waals surface area contributed by atoms with Gasteiger partial charge >= 0.3 is 0 Å². The second-order valence-corrected chi connectivity index (χ2v) is 8.47. The molecule has 2 atom stereocenters. The predicted molar refractivity (Wildman–Crippen MR) is 106 cm³/mol. The number of aromatic nitrogens is 3. The molecule has 7 nitrogen and oxygen atoms in total. The number of nitrogens with zero attached hydrogens (tertiary/aromatic N) is 5. The highest BCUT2D eigenvalue weighted by Gasteiger charge is 2.50. The van der Waals surface area contributed by atoms with Crippen LogP contribution in [-0.2, 0) is 18.4 Å². The quantitative estimate of drug-likeness (QED) is 0.719. The van der Waals surface area contributed by atoms with E-state index in [0.29, 0.717) is 26.3 Å². The van der Waals surface area contributed by atoms with Crippen molar-refractivity contribution in [2.24, 2.45) is 18.4 Å². The predicted octanol–water partition coefficient (Wildman–Crippen LogP) is 2.36. The minimum absolute atomic E-state index is 0.00106. The Balaban J connectivity index is 1.43. The van der Waals surface area contributed by atoms with Gasteiger partial charge in [0.2, 0.25) is 0 Å². The van der Waals surface area contributed by atoms with Crippen molar-refractivity contribution in [2.75, 3.05) is 39.8 Å². The molecular weight excluding hydrogens is 392 g/mol. The highest BCUT2D eigenvalue weighted by atomic mass is 19.3. The summed E-state index contributed by atoms with van der Waals surface area (Å²) in [6, 6.07) is 5.74. The lowest BCUT2D eigenvalue weighted by Gasteiger charge is -2.30. The molecule has 2 saturated heterocycles. The molecule has 30 heavy (non-hydrogen) atoms. The number of carbonyl (C=O) groups is 1. The molecule has 0 aromatic carbocycles. The van der Waals surface area contributed by atoms with E-state index in [2.05, 4.69) is 22.0 Å². The third-order valence-corrected chi connectivity index (χ3v) is 6.25. The van der Waals surface area contributed by atoms with E-state index in [0.717, 1.165) is 25.2 Å². The van der Waals surface area contributed by atoms with Crippen molar-refractivity contribution in [1.82, 2.24) is 24.6 Å². The van der Waals surface area contributed by atoms with Gasteiger partial charge in [-0.15, -0.1) is 0 Å². The Morgan fingerprint density at radius 2 is 2.17 bits per heavy atom. The number of likely N-dealkylation sites (tertiary alicyclic amines) is 2. The van der Waals surface area contributed by atoms with Crippen LogP contribution in [0.3, 0.4) is 0 Å². The summed E-state index contributed by atoms with van der Waals surface area (Å²) in [5.41, 5.74) is 0.361. The van der Waals surface area contributed by atoms with Gasteiger partial charge in [0.1, 0.15) is 5.69 Å². The molecule has 0 saturated carbocycles. The van der Waals surface area contributed by atoms with Crippen LogP contribution in [0.15, 0.2) is 30.6 Å². The molecular formula is C21H27F2N5O2. The number of amides is 1. The summed E-state index contributed by atoms with van der Waals surface area (Å²) in [4.78, 5) is 21.2. The summed E-state index contributed by atoms with van der Waals surface area (Å²) in [6.07, 6.45) is 1.21. The van der Waals surface area contributed by atoms with Crippen LogP contribution < -0.4 is 0 Å². The Bertz CT molecular complexity index is 891. The molecule has 2 aliphatic rings. The van der Waals surface area contributed by atoms with Crippen molar-refractivity contribution < 1.29 is 18.3 Å². The van der Waals surface area contributed by atoms with Crippen LogP contribution in [-0.4, -0.2) is 70.3 Å². The number of alkyl halides is 2. The van der Waals surface area contributed by atoms with Gasteiger partial charge in [-0.1, -0.05) is 6.07 Å². The Hall–Kier alpha value is -2.39. The topological polar surface area (TPSA) is 63.5 Å². The van der Waals surface area contributed by atoms with Crippen LogP contribution in [0.4, 0.5) is 8.78 Å². The molecule has 2 aliphatic heterocycles. The van der Waals surface area contributed by atoms with Crippen LogP contribution in [0.5, 0.6) is 0 Å². The normalized spacial score (nSPS) is 24.4. The van der Waals surface area contributed by atoms with Gasteiger partial charge in [0.05, 0.1) is 24.5 Å². The van der Waals surface area contributed by atoms with E-state index in [9.17, 15) is 13.6 Å². The van der Waals surface area contributed by atoms with E-state index >= 15 is 0 Å². The van der Waals surface area contributed by atoms with Crippen molar-refractivity contribution in [3.05, 3.63) is 47.5 Å². The fourth-order valence-electron chi connectivity index (χ4n) is 4.85. The number of aryl methyl sites for hydroxylation is 1. The summed E-state index contributed by atoms with van der Waals surface area (Å²) in [5, 5.41) is 3.77. The first-order valence-electron chi connectivity index (χ1n) is 10.1. The maximum atomic E-state index is 13.3. The van der Waals surface area contributed by atoms with E-state index < -0.39 is 12.1 Å². The number of ether oxygens (including phenoxy) is 1. The summed E-state index contributed by atoms with van der Waals surface area (Å²) in [6.45, 7) is 3.89. The third kappa shape index (κ3) is 4.09. The Labute approximate surface area is 174 Å². The number of rotatable bonds is 6. The van der Waals surface area contributed by atoms with Gasteiger partial charge in [-0.3, -0.25) is 14.5 Å². The van der Waals surface area contributed by atoms with Gasteiger partial charge in [-0.25, -0.2) is 8.78 Å². The average molecular weight is 419 g/mol. The molecule has 0 radical (unpaired) electrons. The smallest absolute Gasteiger partial charge is 0.282 e. The highest BCUT2D eigenvalue weighted by Crippen LogP contribution is 2.44. The SMILES string of the molecule is CN1C[C@@H](COCc2ccccn2)[C@]2(CCN(C(=O)c3cn(C)nc3C(F)F)C2)C1. The zero-order valence-corrected chi connectivity index (χ0v) is 17.3. The Morgan fingerprint density at radius 3 is 2.90 bits per heavy atom. The molecule has 2 aromatic rings. The molecule has 2 fully saturated rings. The van der Waals surface area contributed by atoms with Crippen molar-refractivity contribution in [3.63, 3.8) is 0 Å². The number of hydrogen-bond acceptors (Lipinski definition) is 5. The maximum absolute atomic E-state index is 13.3. The summed E-state index contributed by atoms with van der Waals surface area (Å²) in [5.74, 6) is -0.0922. The van der Waals surface area contributed by atoms with Crippen LogP contribution in [0.25, 0.3) is 0 Å². The monoisotopic (exact) mass is 419 g/mol. The molecule has 9 heteroatoms. The second kappa shape index (κ2) is 8.39. The van der Waals surface area contributed by atoms with Crippen molar-refractivity contribution in [2.45, 2.75) is 19.5 Å². The second-order valence-electron chi connectivity index (χ2n) is 8.47. The molecule has 0 aliphatic carbocycles. The van der Waals surface area contributed by atoms with Gasteiger partial charge in [0, 0.05) is 57.0 Å². The van der Waals surface area contributed by atoms with E-state index in [1.807, 2.05) is 18.2 Å². The van der Waals surface area contributed by atoms with E-state index in [-0.39, 0.29) is 22.8 Å². The lowest BCUT2D eigenvalue weighted by atomic mass is 9.77. The number of carbonyl (C=O) groups excluding carboxylic acids is 1. The van der Waals surface area contributed by atoms with Crippen LogP contribution in [0.1, 0.15) is 34.6 Å². The fourth-order valence-corrected chi connectivity index (χ4v) is 4.85. The zero-order valence-electron chi connectivity index (χ0n) is 17.3. The first kappa shape index (κ1) is 20.9. The lowest BCUT2D eigenvalue weighted by Crippen LogP contribution is -2.38. The largest absolute Gasteiger partial charge is 0.375 e. The van der Waals surface area contributed by atoms with E-state index in [1.54, 1.807) is 18.1 Å². The van der Waals surface area contributed by atoms with Crippen molar-refractivity contribution in [1.29, 1.82) is 0 Å². The van der Waals surface area contributed by atoms with E-state index in [1.165, 1.54) is 10.9 Å². The summed E-state index contributed by atoms with van der Waals surface area (Å²) < 4.78 is 33.8. The average Bonchev–Trinajstić information content (AvgIpc) is 3.40. The molecule has 0 N–H and O–H groups in total. The van der Waals surface area contributed by atoms with E-state index in [4.69, 9.17) is 4.74 Å². The summed E-state index contributed by atoms with van der Waals surface area (Å²) >= 11 is 0. The molecule has 0 bridgehead atoms. The molecule has 1 spiro atoms. The van der Waals surface area contributed by atoms with Crippen LogP contribution >= 0.6 is 0 Å². The Morgan fingerprint density at radius 1 is 1.33 bits per heavy atom. The fraction of sp³-hybridized carbons (Fsp3) is 0.571. The third-order valence-electron chi connectivity index (χ3n) is 6.25. The number of halogens is 2. The maximum Gasteiger partial charge on any atom is 0.282 e. The standard InChI is InChI=1S/C21H27F2N5O2/c1-26-9-15(11-30-12-16-5-3-4-7-24-16)21(13-26)6-8-28(14-21)20(29)17-10-27(2)25-18(17)19(22)23/h3-5,7,10,15,19H,6,8-9,11-14H2,1-2H3/t15-,21+/m0/s1. The molecule has 4 rings (SSSR count). The van der Waals surface area contributed by atoms with Gasteiger partial charge in [0.15, 0.2) is 0 Å². The van der Waals surface area contributed by atoms with Crippen LogP contribution in [0.2, 0.25) is 0 Å². The molecule has 4 heterocycles. The van der Waals surface area contributed by atoms with Gasteiger partial charge < -0.3 is 14.5 Å². The first-order valence-corrected chi connectivity index (χ1v) is 10.1. The van der Waals surface area contributed by atoms with Crippen LogP contribution in [0, 0.1) is 11.3 Å². The number of hydrogen-bond donors (Lipinski definition) is 0. The molecule has 162 valence electrons. The molecule has 2 aromatic heterocycles. The highest BCUT2D eigenvalue weighted by molar-refractivity contribution is 5.95. The van der Waals surface area contributed by atoms with Gasteiger partial charge in [-0.05, 0) is 25.6 Å². The minimum atomic E-state index is -2.77. The lowest BCUT2D eigenvalue weighted by molar-refractivity contribution is 0.0482. The minimum Gasteiger partial charge on any atom is -0.375 e. The zero-order chi connectivity index (χ0) is 21.3. The van der Waals surface area contributed by atoms with Crippen molar-refractivity contribution >= 4 is 5.91 Å². The van der Waals surface area contributed by atoms with Gasteiger partial charge in [-0.2, -0.15) is 5.10 Å². The molecule has 0 unspecified atom stereocenters. The van der Waals surface area contributed by atoms with Crippen molar-refractivity contribution in [3.8, 4) is 0 Å². The Kier molecular flexibility index (Phi) is 5.84. The van der Waals surface area contributed by atoms with Gasteiger partial charge in [0.25, 0.3) is 12.3 Å². The molecule has 1 amide bonds. The summed E-state index contributed by atoms with van der Waals surface area (Å²) in [7, 11) is 3.62. The number of pyridine rings is 1.